The molecule has 0 atom stereocenters. The standard InChI is InChI=1S/C14H12ClN3OS/c15-11-3-1-10(2-4-11)5-6-16-13(19)12-9-20-14-17-7-8-18(12)14/h1-4,7-9H,5-6H2,(H,16,19). The number of imidazole rings is 1. The molecule has 0 saturated carbocycles. The van der Waals surface area contributed by atoms with Gasteiger partial charge >= 0.3 is 0 Å². The number of nitrogens with zero attached hydrogens (tertiary/aromatic N) is 2. The molecule has 0 saturated heterocycles. The van der Waals surface area contributed by atoms with Crippen molar-refractivity contribution in [2.75, 3.05) is 6.54 Å². The number of fused-ring (bicyclic) bond motifs is 1. The number of halogens is 1. The normalized spacial score (nSPS) is 10.8. The van der Waals surface area contributed by atoms with Crippen molar-refractivity contribution in [3.05, 3.63) is 58.3 Å². The fourth-order valence-corrected chi connectivity index (χ4v) is 2.91. The summed E-state index contributed by atoms with van der Waals surface area (Å²) in [6, 6.07) is 7.64. The first-order chi connectivity index (χ1) is 9.74. The van der Waals surface area contributed by atoms with Crippen LogP contribution in [0, 0.1) is 0 Å². The molecule has 1 aromatic carbocycles. The molecule has 102 valence electrons. The molecule has 0 spiro atoms. The number of aromatic nitrogens is 2. The zero-order valence-corrected chi connectivity index (χ0v) is 12.1. The molecule has 0 aliphatic carbocycles. The second kappa shape index (κ2) is 5.64. The lowest BCUT2D eigenvalue weighted by Gasteiger charge is -2.04. The van der Waals surface area contributed by atoms with E-state index in [1.165, 1.54) is 11.3 Å². The molecule has 0 aliphatic heterocycles. The van der Waals surface area contributed by atoms with Gasteiger partial charge in [-0.15, -0.1) is 11.3 Å². The quantitative estimate of drug-likeness (QED) is 0.805. The van der Waals surface area contributed by atoms with Gasteiger partial charge in [0.2, 0.25) is 0 Å². The lowest BCUT2D eigenvalue weighted by molar-refractivity contribution is 0.0948. The molecular weight excluding hydrogens is 294 g/mol. The van der Waals surface area contributed by atoms with Gasteiger partial charge in [0.25, 0.3) is 5.91 Å². The highest BCUT2D eigenvalue weighted by molar-refractivity contribution is 7.15. The van der Waals surface area contributed by atoms with E-state index in [0.29, 0.717) is 12.2 Å². The molecule has 6 heteroatoms. The van der Waals surface area contributed by atoms with Gasteiger partial charge in [-0.25, -0.2) is 4.98 Å². The van der Waals surface area contributed by atoms with Crippen LogP contribution in [-0.4, -0.2) is 21.8 Å². The van der Waals surface area contributed by atoms with Gasteiger partial charge in [0.1, 0.15) is 5.69 Å². The Balaban J connectivity index is 1.60. The first kappa shape index (κ1) is 13.1. The highest BCUT2D eigenvalue weighted by Crippen LogP contribution is 2.14. The van der Waals surface area contributed by atoms with Crippen LogP contribution >= 0.6 is 22.9 Å². The van der Waals surface area contributed by atoms with Gasteiger partial charge in [0, 0.05) is 29.3 Å². The van der Waals surface area contributed by atoms with E-state index in [-0.39, 0.29) is 5.91 Å². The number of thiazole rings is 1. The molecule has 3 aromatic rings. The highest BCUT2D eigenvalue weighted by Gasteiger charge is 2.11. The molecule has 0 unspecified atom stereocenters. The average Bonchev–Trinajstić information content (AvgIpc) is 3.03. The summed E-state index contributed by atoms with van der Waals surface area (Å²) < 4.78 is 1.79. The Labute approximate surface area is 125 Å². The van der Waals surface area contributed by atoms with Gasteiger partial charge in [-0.2, -0.15) is 0 Å². The maximum atomic E-state index is 12.1. The van der Waals surface area contributed by atoms with Crippen LogP contribution in [0.3, 0.4) is 0 Å². The zero-order chi connectivity index (χ0) is 13.9. The third kappa shape index (κ3) is 2.69. The topological polar surface area (TPSA) is 46.4 Å². The van der Waals surface area contributed by atoms with Crippen molar-refractivity contribution in [2.24, 2.45) is 0 Å². The Morgan fingerprint density at radius 1 is 1.35 bits per heavy atom. The summed E-state index contributed by atoms with van der Waals surface area (Å²) in [5, 5.41) is 5.46. The number of rotatable bonds is 4. The summed E-state index contributed by atoms with van der Waals surface area (Å²) in [5.41, 5.74) is 1.77. The van der Waals surface area contributed by atoms with Gasteiger partial charge in [-0.1, -0.05) is 23.7 Å². The summed E-state index contributed by atoms with van der Waals surface area (Å²) in [4.78, 5) is 17.1. The summed E-state index contributed by atoms with van der Waals surface area (Å²) in [7, 11) is 0. The summed E-state index contributed by atoms with van der Waals surface area (Å²) in [5.74, 6) is -0.0804. The van der Waals surface area contributed by atoms with E-state index in [1.54, 1.807) is 16.8 Å². The molecule has 1 amide bonds. The molecule has 0 bridgehead atoms. The first-order valence-electron chi connectivity index (χ1n) is 6.17. The van der Waals surface area contributed by atoms with Gasteiger partial charge in [0.05, 0.1) is 0 Å². The van der Waals surface area contributed by atoms with Crippen molar-refractivity contribution in [3.8, 4) is 0 Å². The lowest BCUT2D eigenvalue weighted by atomic mass is 10.1. The van der Waals surface area contributed by atoms with Crippen molar-refractivity contribution in [1.82, 2.24) is 14.7 Å². The summed E-state index contributed by atoms with van der Waals surface area (Å²) in [6.07, 6.45) is 4.26. The van der Waals surface area contributed by atoms with Crippen LogP contribution in [0.15, 0.2) is 42.0 Å². The molecule has 3 rings (SSSR count). The number of carbonyl (C=O) groups is 1. The van der Waals surface area contributed by atoms with Crippen LogP contribution < -0.4 is 5.32 Å². The number of hydrogen-bond acceptors (Lipinski definition) is 3. The molecule has 0 aliphatic rings. The van der Waals surface area contributed by atoms with E-state index < -0.39 is 0 Å². The predicted octanol–water partition coefficient (Wildman–Crippen LogP) is 3.02. The van der Waals surface area contributed by atoms with Crippen molar-refractivity contribution in [1.29, 1.82) is 0 Å². The van der Waals surface area contributed by atoms with Crippen molar-refractivity contribution in [3.63, 3.8) is 0 Å². The van der Waals surface area contributed by atoms with E-state index >= 15 is 0 Å². The second-order valence-corrected chi connectivity index (χ2v) is 5.61. The Bertz CT molecular complexity index is 732. The SMILES string of the molecule is O=C(NCCc1ccc(Cl)cc1)c1csc2nccn12. The minimum absolute atomic E-state index is 0.0804. The van der Waals surface area contributed by atoms with Gasteiger partial charge in [0.15, 0.2) is 4.96 Å². The fourth-order valence-electron chi connectivity index (χ4n) is 1.95. The van der Waals surface area contributed by atoms with Crippen LogP contribution in [0.2, 0.25) is 5.02 Å². The molecule has 1 N–H and O–H groups in total. The molecule has 20 heavy (non-hydrogen) atoms. The van der Waals surface area contributed by atoms with E-state index in [2.05, 4.69) is 10.3 Å². The highest BCUT2D eigenvalue weighted by atomic mass is 35.5. The first-order valence-corrected chi connectivity index (χ1v) is 7.43. The Hall–Kier alpha value is -1.85. The predicted molar refractivity (Wildman–Crippen MR) is 80.6 cm³/mol. The number of benzene rings is 1. The van der Waals surface area contributed by atoms with E-state index in [1.807, 2.05) is 29.6 Å². The van der Waals surface area contributed by atoms with Crippen LogP contribution in [-0.2, 0) is 6.42 Å². The third-order valence-electron chi connectivity index (χ3n) is 2.99. The van der Waals surface area contributed by atoms with E-state index in [9.17, 15) is 4.79 Å². The summed E-state index contributed by atoms with van der Waals surface area (Å²) >= 11 is 7.29. The molecule has 4 nitrogen and oxygen atoms in total. The number of nitrogens with one attached hydrogen (secondary N) is 1. The number of amides is 1. The van der Waals surface area contributed by atoms with Gasteiger partial charge in [-0.05, 0) is 24.1 Å². The monoisotopic (exact) mass is 305 g/mol. The lowest BCUT2D eigenvalue weighted by Crippen LogP contribution is -2.26. The Morgan fingerprint density at radius 3 is 2.95 bits per heavy atom. The Kier molecular flexibility index (Phi) is 3.71. The fraction of sp³-hybridized carbons (Fsp3) is 0.143. The van der Waals surface area contributed by atoms with Gasteiger partial charge < -0.3 is 5.32 Å². The largest absolute Gasteiger partial charge is 0.350 e. The molecule has 0 fully saturated rings. The summed E-state index contributed by atoms with van der Waals surface area (Å²) in [6.45, 7) is 0.590. The van der Waals surface area contributed by atoms with Gasteiger partial charge in [-0.3, -0.25) is 9.20 Å². The third-order valence-corrected chi connectivity index (χ3v) is 4.09. The van der Waals surface area contributed by atoms with Crippen molar-refractivity contribution < 1.29 is 4.79 Å². The van der Waals surface area contributed by atoms with Crippen LogP contribution in [0.5, 0.6) is 0 Å². The smallest absolute Gasteiger partial charge is 0.269 e. The van der Waals surface area contributed by atoms with Crippen molar-refractivity contribution in [2.45, 2.75) is 6.42 Å². The van der Waals surface area contributed by atoms with E-state index in [0.717, 1.165) is 22.0 Å². The zero-order valence-electron chi connectivity index (χ0n) is 10.5. The molecular formula is C14H12ClN3OS. The van der Waals surface area contributed by atoms with Crippen LogP contribution in [0.4, 0.5) is 0 Å². The number of carbonyl (C=O) groups excluding carboxylic acids is 1. The van der Waals surface area contributed by atoms with E-state index in [4.69, 9.17) is 11.6 Å². The van der Waals surface area contributed by atoms with Crippen LogP contribution in [0.1, 0.15) is 16.1 Å². The average molecular weight is 306 g/mol. The maximum Gasteiger partial charge on any atom is 0.269 e. The van der Waals surface area contributed by atoms with Crippen LogP contribution in [0.25, 0.3) is 4.96 Å². The minimum atomic E-state index is -0.0804. The Morgan fingerprint density at radius 2 is 2.15 bits per heavy atom. The molecule has 2 aromatic heterocycles. The number of hydrogen-bond donors (Lipinski definition) is 1. The molecule has 0 radical (unpaired) electrons. The maximum absolute atomic E-state index is 12.1. The van der Waals surface area contributed by atoms with Crippen molar-refractivity contribution >= 4 is 33.8 Å². The second-order valence-electron chi connectivity index (χ2n) is 4.33. The molecule has 2 heterocycles. The minimum Gasteiger partial charge on any atom is -0.350 e.